The number of anilines is 1. The number of alkyl halides is 2. The van der Waals surface area contributed by atoms with Gasteiger partial charge in [0.15, 0.2) is 0 Å². The molecule has 0 saturated carbocycles. The third-order valence-electron chi connectivity index (χ3n) is 6.18. The van der Waals surface area contributed by atoms with Crippen LogP contribution < -0.4 is 7.85 Å². The van der Waals surface area contributed by atoms with E-state index in [1.165, 1.54) is 11.3 Å². The summed E-state index contributed by atoms with van der Waals surface area (Å²) in [5.41, 5.74) is 2.57. The number of halogens is 1. The van der Waals surface area contributed by atoms with Gasteiger partial charge in [0.25, 0.3) is 0 Å². The van der Waals surface area contributed by atoms with E-state index in [0.29, 0.717) is 6.04 Å². The number of aliphatic hydroxyl groups excluding tert-OH is 2. The van der Waals surface area contributed by atoms with Crippen LogP contribution in [0.15, 0.2) is 30.4 Å². The summed E-state index contributed by atoms with van der Waals surface area (Å²) in [5.74, 6) is 0.893. The molecular weight excluding hydrogens is 419 g/mol. The summed E-state index contributed by atoms with van der Waals surface area (Å²) in [6.07, 6.45) is 4.75. The van der Waals surface area contributed by atoms with E-state index in [-0.39, 0.29) is 9.34 Å². The first-order chi connectivity index (χ1) is 11.6. The van der Waals surface area contributed by atoms with Crippen molar-refractivity contribution in [2.45, 2.75) is 26.1 Å². The molecule has 2 fully saturated rings. The summed E-state index contributed by atoms with van der Waals surface area (Å²) in [6.45, 7) is 2.02. The van der Waals surface area contributed by atoms with Gasteiger partial charge in [-0.15, -0.1) is 0 Å². The molecule has 0 aliphatic carbocycles. The number of fused-ring (bicyclic) bond motifs is 1. The average molecular weight is 442 g/mol. The second-order valence-corrected chi connectivity index (χ2v) is 13.4. The van der Waals surface area contributed by atoms with Crippen LogP contribution in [0, 0.1) is 5.92 Å². The topological polar surface area (TPSA) is 56.2 Å². The fourth-order valence-electron chi connectivity index (χ4n) is 5.23. The Balaban J connectivity index is 1.75. The Bertz CT molecular complexity index is 726. The first-order valence-corrected chi connectivity index (χ1v) is 11.8. The van der Waals surface area contributed by atoms with Gasteiger partial charge >= 0.3 is 150 Å². The summed E-state index contributed by atoms with van der Waals surface area (Å²) in [6, 6.07) is 6.69. The van der Waals surface area contributed by atoms with Crippen molar-refractivity contribution in [1.29, 1.82) is 0 Å². The zero-order valence-corrected chi connectivity index (χ0v) is 16.1. The molecular formula is C18H23IN2O3. The summed E-state index contributed by atoms with van der Waals surface area (Å²) in [7, 11) is 3.80. The van der Waals surface area contributed by atoms with Gasteiger partial charge in [0.1, 0.15) is 0 Å². The molecule has 6 heteroatoms. The molecule has 1 aromatic carbocycles. The van der Waals surface area contributed by atoms with E-state index in [4.69, 9.17) is 4.74 Å². The van der Waals surface area contributed by atoms with E-state index >= 15 is 0 Å². The van der Waals surface area contributed by atoms with Gasteiger partial charge in [-0.3, -0.25) is 0 Å². The number of methoxy groups -OCH3 is 1. The fourth-order valence-corrected chi connectivity index (χ4v) is 14.0. The molecule has 130 valence electrons. The van der Waals surface area contributed by atoms with E-state index in [1.54, 1.807) is 7.11 Å². The quantitative estimate of drug-likeness (QED) is 0.300. The number of ether oxygens (including phenoxy) is 1. The number of benzene rings is 1. The molecule has 24 heavy (non-hydrogen) atoms. The molecule has 5 unspecified atom stereocenters. The third-order valence-corrected chi connectivity index (χ3v) is 13.9. The van der Waals surface area contributed by atoms with Gasteiger partial charge in [-0.25, -0.2) is 0 Å². The SMILES string of the molecule is COc1ccc2c(c1)N(C)I1C(O)C(O)C3C=CCN4CCC21C34. The van der Waals surface area contributed by atoms with E-state index < -0.39 is 30.3 Å². The molecule has 4 aliphatic heterocycles. The van der Waals surface area contributed by atoms with Gasteiger partial charge in [0.05, 0.1) is 0 Å². The van der Waals surface area contributed by atoms with Gasteiger partial charge in [0, 0.05) is 0 Å². The Morgan fingerprint density at radius 1 is 1.33 bits per heavy atom. The summed E-state index contributed by atoms with van der Waals surface area (Å²) in [4.78, 5) is 2.53. The molecule has 5 nitrogen and oxygen atoms in total. The van der Waals surface area contributed by atoms with Crippen molar-refractivity contribution in [3.63, 3.8) is 0 Å². The van der Waals surface area contributed by atoms with Crippen molar-refractivity contribution in [3.8, 4) is 5.75 Å². The van der Waals surface area contributed by atoms with Gasteiger partial charge in [-0.05, 0) is 0 Å². The van der Waals surface area contributed by atoms with Crippen LogP contribution in [-0.4, -0.2) is 58.6 Å². The number of aliphatic hydroxyl groups is 2. The maximum absolute atomic E-state index is 11.1. The zero-order chi connectivity index (χ0) is 16.6. The molecule has 0 amide bonds. The van der Waals surface area contributed by atoms with Crippen LogP contribution in [0.4, 0.5) is 5.69 Å². The molecule has 5 atom stereocenters. The average Bonchev–Trinajstić information content (AvgIpc) is 3.11. The molecule has 1 aromatic rings. The zero-order valence-electron chi connectivity index (χ0n) is 13.9. The van der Waals surface area contributed by atoms with E-state index in [0.717, 1.165) is 25.3 Å². The number of rotatable bonds is 1. The van der Waals surface area contributed by atoms with Crippen molar-refractivity contribution in [3.05, 3.63) is 35.9 Å². The van der Waals surface area contributed by atoms with E-state index in [9.17, 15) is 10.2 Å². The molecule has 4 aliphatic rings. The molecule has 0 aromatic heterocycles. The first kappa shape index (κ1) is 15.4. The third kappa shape index (κ3) is 1.65. The van der Waals surface area contributed by atoms with E-state index in [2.05, 4.69) is 45.4 Å². The van der Waals surface area contributed by atoms with Crippen molar-refractivity contribution in [2.24, 2.45) is 5.92 Å². The van der Waals surface area contributed by atoms with Crippen LogP contribution in [0.3, 0.4) is 0 Å². The van der Waals surface area contributed by atoms with Crippen molar-refractivity contribution < 1.29 is 14.9 Å². The predicted octanol–water partition coefficient (Wildman–Crippen LogP) is 1.71. The Hall–Kier alpha value is -0.830. The summed E-state index contributed by atoms with van der Waals surface area (Å²) < 4.78 is 7.20. The van der Waals surface area contributed by atoms with Crippen molar-refractivity contribution >= 4 is 25.8 Å². The Labute approximate surface area is 149 Å². The van der Waals surface area contributed by atoms with Crippen LogP contribution in [-0.2, 0) is 3.42 Å². The van der Waals surface area contributed by atoms with Crippen molar-refractivity contribution in [2.75, 3.05) is 30.4 Å². The van der Waals surface area contributed by atoms with E-state index in [1.807, 2.05) is 0 Å². The van der Waals surface area contributed by atoms with Crippen LogP contribution in [0.1, 0.15) is 12.0 Å². The molecule has 0 radical (unpaired) electrons. The summed E-state index contributed by atoms with van der Waals surface area (Å²) in [5, 5.41) is 21.9. The summed E-state index contributed by atoms with van der Waals surface area (Å²) >= 11 is -2.06. The maximum atomic E-state index is 11.1. The van der Waals surface area contributed by atoms with Crippen LogP contribution in [0.2, 0.25) is 0 Å². The molecule has 2 N–H and O–H groups in total. The second-order valence-electron chi connectivity index (χ2n) is 7.07. The Morgan fingerprint density at radius 3 is 2.96 bits per heavy atom. The normalized spacial score (nSPS) is 41.2. The Kier molecular flexibility index (Phi) is 3.27. The number of hydrogen-bond acceptors (Lipinski definition) is 5. The molecule has 2 saturated heterocycles. The van der Waals surface area contributed by atoms with Crippen LogP contribution in [0.5, 0.6) is 5.75 Å². The minimum absolute atomic E-state index is 0.0336. The standard InChI is InChI=1S/C18H23IN2O3/c1-20-14-10-11(24-2)5-6-13(14)18-7-9-21-8-3-4-12(16(18)21)15(22)17(23)19(18)20/h3-6,10,12,15-17,22-23H,7-9H2,1-2H3. The molecule has 5 rings (SSSR count). The molecule has 1 spiro atoms. The van der Waals surface area contributed by atoms with Gasteiger partial charge in [-0.2, -0.15) is 0 Å². The number of nitrogens with zero attached hydrogens (tertiary/aromatic N) is 2. The van der Waals surface area contributed by atoms with Gasteiger partial charge in [-0.1, -0.05) is 0 Å². The minimum atomic E-state index is -2.06. The number of hydrogen-bond donors (Lipinski definition) is 2. The second kappa shape index (κ2) is 5.09. The van der Waals surface area contributed by atoms with Gasteiger partial charge < -0.3 is 0 Å². The first-order valence-electron chi connectivity index (χ1n) is 8.47. The van der Waals surface area contributed by atoms with Gasteiger partial charge in [0.2, 0.25) is 0 Å². The monoisotopic (exact) mass is 442 g/mol. The van der Waals surface area contributed by atoms with Crippen LogP contribution >= 0.6 is 20.1 Å². The molecule has 4 heterocycles. The predicted molar refractivity (Wildman–Crippen MR) is 102 cm³/mol. The van der Waals surface area contributed by atoms with Crippen molar-refractivity contribution in [1.82, 2.24) is 4.90 Å². The molecule has 0 bridgehead atoms. The Morgan fingerprint density at radius 2 is 2.17 bits per heavy atom. The fraction of sp³-hybridized carbons (Fsp3) is 0.556. The van der Waals surface area contributed by atoms with Crippen LogP contribution in [0.25, 0.3) is 0 Å².